The third-order valence-electron chi connectivity index (χ3n) is 3.91. The highest BCUT2D eigenvalue weighted by Gasteiger charge is 2.19. The molecular formula is C21H21BrN2. The van der Waals surface area contributed by atoms with E-state index in [0.29, 0.717) is 0 Å². The summed E-state index contributed by atoms with van der Waals surface area (Å²) in [7, 11) is 0. The van der Waals surface area contributed by atoms with E-state index in [9.17, 15) is 0 Å². The molecule has 2 N–H and O–H groups in total. The van der Waals surface area contributed by atoms with Crippen LogP contribution in [0.4, 0.5) is 0 Å². The minimum atomic E-state index is 0.0250. The number of hydrogen-bond donors (Lipinski definition) is 2. The Balaban J connectivity index is 1.95. The first kappa shape index (κ1) is 16.6. The minimum Gasteiger partial charge on any atom is -0.367 e. The first-order valence-electron chi connectivity index (χ1n) is 8.19. The predicted octanol–water partition coefficient (Wildman–Crippen LogP) is 5.28. The third-order valence-corrected chi connectivity index (χ3v) is 4.46. The lowest BCUT2D eigenvalue weighted by atomic mass is 9.95. The summed E-state index contributed by atoms with van der Waals surface area (Å²) in [5.74, 6) is 0. The van der Waals surface area contributed by atoms with Crippen LogP contribution in [0.5, 0.6) is 0 Å². The van der Waals surface area contributed by atoms with E-state index in [1.807, 2.05) is 12.1 Å². The van der Waals surface area contributed by atoms with Crippen molar-refractivity contribution in [3.05, 3.63) is 94.7 Å². The standard InChI is InChI=1S/C21H21BrN2/c1-2-9-20(22)24-21-19(17-12-7-4-8-13-17)14-18(15-23-21)16-10-5-3-6-11-16/h3-15,21,23-24H,2H2,1H3/b20-9-. The van der Waals surface area contributed by atoms with E-state index in [-0.39, 0.29) is 6.17 Å². The maximum atomic E-state index is 3.60. The molecule has 1 aliphatic rings. The average molecular weight is 381 g/mol. The molecule has 0 bridgehead atoms. The van der Waals surface area contributed by atoms with Gasteiger partial charge in [0.1, 0.15) is 6.17 Å². The summed E-state index contributed by atoms with van der Waals surface area (Å²) in [4.78, 5) is 0. The molecule has 0 spiro atoms. The fourth-order valence-electron chi connectivity index (χ4n) is 2.73. The van der Waals surface area contributed by atoms with Gasteiger partial charge in [-0.1, -0.05) is 73.7 Å². The molecule has 0 aliphatic carbocycles. The molecule has 2 aromatic carbocycles. The Labute approximate surface area is 152 Å². The van der Waals surface area contributed by atoms with Crippen LogP contribution in [0.15, 0.2) is 83.6 Å². The van der Waals surface area contributed by atoms with Gasteiger partial charge in [0.2, 0.25) is 0 Å². The molecule has 1 heterocycles. The molecule has 0 saturated heterocycles. The zero-order valence-electron chi connectivity index (χ0n) is 13.7. The SMILES string of the molecule is CC/C=C(/Br)NC1NC=C(c2ccccc2)C=C1c1ccccc1. The van der Waals surface area contributed by atoms with E-state index in [1.165, 1.54) is 22.3 Å². The Morgan fingerprint density at radius 1 is 1.04 bits per heavy atom. The topological polar surface area (TPSA) is 24.1 Å². The molecule has 24 heavy (non-hydrogen) atoms. The van der Waals surface area contributed by atoms with E-state index >= 15 is 0 Å². The van der Waals surface area contributed by atoms with Gasteiger partial charge in [-0.2, -0.15) is 0 Å². The van der Waals surface area contributed by atoms with Crippen molar-refractivity contribution < 1.29 is 0 Å². The molecular weight excluding hydrogens is 360 g/mol. The summed E-state index contributed by atoms with van der Waals surface area (Å²) in [6.07, 6.45) is 7.46. The van der Waals surface area contributed by atoms with Gasteiger partial charge < -0.3 is 10.6 Å². The second-order valence-electron chi connectivity index (χ2n) is 5.64. The van der Waals surface area contributed by atoms with Crippen LogP contribution in [0.1, 0.15) is 24.5 Å². The molecule has 1 aliphatic heterocycles. The van der Waals surface area contributed by atoms with Gasteiger partial charge in [-0.25, -0.2) is 0 Å². The van der Waals surface area contributed by atoms with E-state index < -0.39 is 0 Å². The molecule has 0 amide bonds. The van der Waals surface area contributed by atoms with Crippen LogP contribution in [0.3, 0.4) is 0 Å². The summed E-state index contributed by atoms with van der Waals surface area (Å²) >= 11 is 3.60. The molecule has 0 radical (unpaired) electrons. The van der Waals surface area contributed by atoms with Crippen molar-refractivity contribution in [2.75, 3.05) is 0 Å². The first-order valence-corrected chi connectivity index (χ1v) is 8.98. The number of rotatable bonds is 5. The monoisotopic (exact) mass is 380 g/mol. The average Bonchev–Trinajstić information content (AvgIpc) is 2.64. The van der Waals surface area contributed by atoms with Gasteiger partial charge in [0.15, 0.2) is 0 Å². The van der Waals surface area contributed by atoms with Gasteiger partial charge in [0.25, 0.3) is 0 Å². The zero-order valence-corrected chi connectivity index (χ0v) is 15.3. The predicted molar refractivity (Wildman–Crippen MR) is 106 cm³/mol. The van der Waals surface area contributed by atoms with E-state index in [0.717, 1.165) is 11.0 Å². The van der Waals surface area contributed by atoms with E-state index in [2.05, 4.69) is 100 Å². The largest absolute Gasteiger partial charge is 0.367 e. The van der Waals surface area contributed by atoms with Gasteiger partial charge in [-0.3, -0.25) is 0 Å². The lowest BCUT2D eigenvalue weighted by Gasteiger charge is -2.28. The van der Waals surface area contributed by atoms with Crippen LogP contribution in [-0.4, -0.2) is 6.17 Å². The van der Waals surface area contributed by atoms with Crippen LogP contribution in [0.25, 0.3) is 11.1 Å². The highest BCUT2D eigenvalue weighted by atomic mass is 79.9. The van der Waals surface area contributed by atoms with E-state index in [1.54, 1.807) is 0 Å². The first-order chi connectivity index (χ1) is 11.8. The molecule has 0 aromatic heterocycles. The molecule has 2 nitrogen and oxygen atoms in total. The van der Waals surface area contributed by atoms with Gasteiger partial charge in [-0.15, -0.1) is 0 Å². The Bertz CT molecular complexity index is 761. The quantitative estimate of drug-likeness (QED) is 0.689. The normalized spacial score (nSPS) is 17.6. The number of hydrogen-bond acceptors (Lipinski definition) is 2. The highest BCUT2D eigenvalue weighted by molar-refractivity contribution is 9.11. The van der Waals surface area contributed by atoms with Crippen molar-refractivity contribution in [3.8, 4) is 0 Å². The molecule has 122 valence electrons. The van der Waals surface area contributed by atoms with Crippen LogP contribution in [0, 0.1) is 0 Å². The van der Waals surface area contributed by atoms with Crippen LogP contribution >= 0.6 is 15.9 Å². The molecule has 3 rings (SSSR count). The fraction of sp³-hybridized carbons (Fsp3) is 0.143. The number of halogens is 1. The van der Waals surface area contributed by atoms with Crippen molar-refractivity contribution >= 4 is 27.1 Å². The molecule has 0 saturated carbocycles. The molecule has 1 unspecified atom stereocenters. The summed E-state index contributed by atoms with van der Waals surface area (Å²) in [5, 5.41) is 6.99. The molecule has 0 fully saturated rings. The number of allylic oxidation sites excluding steroid dienone is 3. The van der Waals surface area contributed by atoms with Crippen molar-refractivity contribution in [2.24, 2.45) is 0 Å². The number of nitrogens with one attached hydrogen (secondary N) is 2. The van der Waals surface area contributed by atoms with Gasteiger partial charge in [-0.05, 0) is 45.1 Å². The maximum absolute atomic E-state index is 3.60. The van der Waals surface area contributed by atoms with Crippen molar-refractivity contribution in [2.45, 2.75) is 19.5 Å². The Morgan fingerprint density at radius 2 is 1.67 bits per heavy atom. The van der Waals surface area contributed by atoms with Crippen LogP contribution < -0.4 is 10.6 Å². The minimum absolute atomic E-state index is 0.0250. The maximum Gasteiger partial charge on any atom is 0.124 e. The van der Waals surface area contributed by atoms with Crippen molar-refractivity contribution in [3.63, 3.8) is 0 Å². The summed E-state index contributed by atoms with van der Waals surface area (Å²) in [5.41, 5.74) is 4.82. The third kappa shape index (κ3) is 3.98. The Kier molecular flexibility index (Phi) is 5.55. The second kappa shape index (κ2) is 8.02. The van der Waals surface area contributed by atoms with Gasteiger partial charge >= 0.3 is 0 Å². The zero-order chi connectivity index (χ0) is 16.8. The second-order valence-corrected chi connectivity index (χ2v) is 6.49. The van der Waals surface area contributed by atoms with Crippen molar-refractivity contribution in [1.29, 1.82) is 0 Å². The lowest BCUT2D eigenvalue weighted by molar-refractivity contribution is 0.644. The molecule has 3 heteroatoms. The lowest BCUT2D eigenvalue weighted by Crippen LogP contribution is -2.40. The Morgan fingerprint density at radius 3 is 2.29 bits per heavy atom. The van der Waals surface area contributed by atoms with Crippen LogP contribution in [0.2, 0.25) is 0 Å². The number of benzene rings is 2. The summed E-state index contributed by atoms with van der Waals surface area (Å²) in [6, 6.07) is 20.9. The molecule has 2 aromatic rings. The summed E-state index contributed by atoms with van der Waals surface area (Å²) < 4.78 is 1.00. The summed E-state index contributed by atoms with van der Waals surface area (Å²) in [6.45, 7) is 2.12. The van der Waals surface area contributed by atoms with Crippen molar-refractivity contribution in [1.82, 2.24) is 10.6 Å². The Hall–Kier alpha value is -2.26. The smallest absolute Gasteiger partial charge is 0.124 e. The van der Waals surface area contributed by atoms with Crippen LogP contribution in [-0.2, 0) is 0 Å². The van der Waals surface area contributed by atoms with Gasteiger partial charge in [0.05, 0.1) is 4.61 Å². The highest BCUT2D eigenvalue weighted by Crippen LogP contribution is 2.28. The number of dihydropyridines is 1. The molecule has 1 atom stereocenters. The van der Waals surface area contributed by atoms with E-state index in [4.69, 9.17) is 0 Å². The fourth-order valence-corrected chi connectivity index (χ4v) is 3.28. The van der Waals surface area contributed by atoms with Gasteiger partial charge in [0, 0.05) is 11.8 Å².